The molecule has 3 heterocycles. The van der Waals surface area contributed by atoms with Gasteiger partial charge in [-0.25, -0.2) is 8.42 Å². The SMILES string of the molecule is NC(=O)C1CCCN(Cc2ccc(NC(=O)C3=CC=CN4CCS(=O)(=O)N=C34)cc2)C1. The highest BCUT2D eigenvalue weighted by molar-refractivity contribution is 7.90. The van der Waals surface area contributed by atoms with Crippen molar-refractivity contribution in [2.24, 2.45) is 16.0 Å². The van der Waals surface area contributed by atoms with Crippen molar-refractivity contribution in [3.05, 3.63) is 53.8 Å². The van der Waals surface area contributed by atoms with E-state index in [1.54, 1.807) is 35.4 Å². The molecule has 164 valence electrons. The van der Waals surface area contributed by atoms with E-state index >= 15 is 0 Å². The lowest BCUT2D eigenvalue weighted by atomic mass is 9.97. The van der Waals surface area contributed by atoms with Crippen molar-refractivity contribution < 1.29 is 18.0 Å². The number of hydrogen-bond donors (Lipinski definition) is 2. The zero-order chi connectivity index (χ0) is 22.0. The van der Waals surface area contributed by atoms with E-state index in [2.05, 4.69) is 14.6 Å². The van der Waals surface area contributed by atoms with Crippen LogP contribution >= 0.6 is 0 Å². The van der Waals surface area contributed by atoms with Gasteiger partial charge in [-0.1, -0.05) is 12.1 Å². The first-order chi connectivity index (χ1) is 14.8. The van der Waals surface area contributed by atoms with Crippen molar-refractivity contribution in [3.63, 3.8) is 0 Å². The summed E-state index contributed by atoms with van der Waals surface area (Å²) in [5, 5.41) is 2.81. The standard InChI is InChI=1S/C21H25N5O4S/c22-19(27)16-3-1-9-25(14-16)13-15-5-7-17(8-6-15)23-21(28)18-4-2-10-26-11-12-31(29,30)24-20(18)26/h2,4-8,10,16H,1,3,9,11-14H2,(H2,22,27)(H,23,28). The largest absolute Gasteiger partial charge is 0.369 e. The van der Waals surface area contributed by atoms with Crippen LogP contribution in [0, 0.1) is 5.92 Å². The van der Waals surface area contributed by atoms with Gasteiger partial charge in [0.05, 0.1) is 17.2 Å². The van der Waals surface area contributed by atoms with Gasteiger partial charge in [0.1, 0.15) is 0 Å². The van der Waals surface area contributed by atoms with Crippen molar-refractivity contribution in [1.82, 2.24) is 9.80 Å². The van der Waals surface area contributed by atoms with Crippen molar-refractivity contribution in [3.8, 4) is 0 Å². The Bertz CT molecular complexity index is 1080. The summed E-state index contributed by atoms with van der Waals surface area (Å²) in [7, 11) is -3.56. The molecular formula is C21H25N5O4S. The number of allylic oxidation sites excluding steroid dienone is 2. The molecule has 1 aromatic carbocycles. The number of anilines is 1. The molecule has 3 aliphatic rings. The Morgan fingerprint density at radius 3 is 2.71 bits per heavy atom. The summed E-state index contributed by atoms with van der Waals surface area (Å²) in [6, 6.07) is 7.46. The third-order valence-electron chi connectivity index (χ3n) is 5.63. The molecule has 1 aromatic rings. The number of nitrogens with zero attached hydrogens (tertiary/aromatic N) is 3. The molecule has 1 atom stereocenters. The molecule has 1 saturated heterocycles. The number of carbonyl (C=O) groups excluding carboxylic acids is 2. The normalized spacial score (nSPS) is 22.8. The maximum Gasteiger partial charge on any atom is 0.259 e. The van der Waals surface area contributed by atoms with E-state index in [1.807, 2.05) is 12.1 Å². The summed E-state index contributed by atoms with van der Waals surface area (Å²) in [4.78, 5) is 28.1. The Morgan fingerprint density at radius 2 is 1.97 bits per heavy atom. The van der Waals surface area contributed by atoms with Gasteiger partial charge in [0.25, 0.3) is 15.9 Å². The maximum atomic E-state index is 12.8. The molecular weight excluding hydrogens is 418 g/mol. The second-order valence-corrected chi connectivity index (χ2v) is 9.70. The lowest BCUT2D eigenvalue weighted by molar-refractivity contribution is -0.123. The monoisotopic (exact) mass is 443 g/mol. The summed E-state index contributed by atoms with van der Waals surface area (Å²) >= 11 is 0. The van der Waals surface area contributed by atoms with E-state index in [0.29, 0.717) is 18.8 Å². The number of amides is 2. The fourth-order valence-electron chi connectivity index (χ4n) is 3.97. The molecule has 10 heteroatoms. The number of piperidine rings is 1. The van der Waals surface area contributed by atoms with Crippen LogP contribution < -0.4 is 11.1 Å². The Labute approximate surface area is 181 Å². The quantitative estimate of drug-likeness (QED) is 0.694. The summed E-state index contributed by atoms with van der Waals surface area (Å²) in [5.74, 6) is -0.691. The Kier molecular flexibility index (Phi) is 5.92. The number of likely N-dealkylation sites (tertiary alicyclic amines) is 1. The highest BCUT2D eigenvalue weighted by Crippen LogP contribution is 2.21. The molecule has 0 radical (unpaired) electrons. The van der Waals surface area contributed by atoms with Crippen LogP contribution in [0.2, 0.25) is 0 Å². The van der Waals surface area contributed by atoms with Crippen LogP contribution in [-0.2, 0) is 26.2 Å². The number of hydrogen-bond acceptors (Lipinski definition) is 6. The van der Waals surface area contributed by atoms with Crippen molar-refractivity contribution >= 4 is 33.4 Å². The van der Waals surface area contributed by atoms with Crippen molar-refractivity contribution in [2.45, 2.75) is 19.4 Å². The van der Waals surface area contributed by atoms with E-state index in [9.17, 15) is 18.0 Å². The van der Waals surface area contributed by atoms with Gasteiger partial charge in [0, 0.05) is 31.5 Å². The van der Waals surface area contributed by atoms with Gasteiger partial charge in [-0.2, -0.15) is 0 Å². The van der Waals surface area contributed by atoms with Crippen LogP contribution in [0.4, 0.5) is 5.69 Å². The molecule has 1 fully saturated rings. The Balaban J connectivity index is 1.40. The summed E-state index contributed by atoms with van der Waals surface area (Å²) in [6.07, 6.45) is 6.76. The molecule has 0 bridgehead atoms. The first-order valence-corrected chi connectivity index (χ1v) is 11.8. The van der Waals surface area contributed by atoms with Crippen LogP contribution in [0.1, 0.15) is 18.4 Å². The number of carbonyl (C=O) groups is 2. The predicted octanol–water partition coefficient (Wildman–Crippen LogP) is 0.820. The van der Waals surface area contributed by atoms with E-state index in [4.69, 9.17) is 5.73 Å². The molecule has 0 spiro atoms. The average molecular weight is 444 g/mol. The topological polar surface area (TPSA) is 125 Å². The summed E-state index contributed by atoms with van der Waals surface area (Å²) in [5.41, 5.74) is 7.32. The average Bonchev–Trinajstić information content (AvgIpc) is 2.74. The van der Waals surface area contributed by atoms with Gasteiger partial charge in [-0.3, -0.25) is 14.5 Å². The highest BCUT2D eigenvalue weighted by atomic mass is 32.2. The third kappa shape index (κ3) is 5.02. The molecule has 1 unspecified atom stereocenters. The van der Waals surface area contributed by atoms with Gasteiger partial charge in [0.2, 0.25) is 5.91 Å². The van der Waals surface area contributed by atoms with Gasteiger partial charge in [-0.15, -0.1) is 4.40 Å². The lowest BCUT2D eigenvalue weighted by Gasteiger charge is -2.31. The lowest BCUT2D eigenvalue weighted by Crippen LogP contribution is -2.41. The first kappa shape index (κ1) is 21.3. The number of benzene rings is 1. The minimum Gasteiger partial charge on any atom is -0.369 e. The molecule has 3 aliphatic heterocycles. The van der Waals surface area contributed by atoms with Crippen molar-refractivity contribution in [2.75, 3.05) is 30.7 Å². The third-order valence-corrected chi connectivity index (χ3v) is 6.78. The minimum absolute atomic E-state index is 0.0750. The molecule has 31 heavy (non-hydrogen) atoms. The van der Waals surface area contributed by atoms with Crippen LogP contribution in [0.5, 0.6) is 0 Å². The zero-order valence-electron chi connectivity index (χ0n) is 17.0. The zero-order valence-corrected chi connectivity index (χ0v) is 17.8. The first-order valence-electron chi connectivity index (χ1n) is 10.2. The second kappa shape index (κ2) is 8.64. The number of nitrogens with two attached hydrogens (primary N) is 1. The van der Waals surface area contributed by atoms with E-state index in [0.717, 1.165) is 24.9 Å². The van der Waals surface area contributed by atoms with Gasteiger partial charge < -0.3 is 16.0 Å². The molecule has 2 amide bonds. The molecule has 0 saturated carbocycles. The number of sulfonamides is 1. The molecule has 0 aromatic heterocycles. The molecule has 3 N–H and O–H groups in total. The van der Waals surface area contributed by atoms with Crippen LogP contribution in [-0.4, -0.2) is 61.3 Å². The smallest absolute Gasteiger partial charge is 0.259 e. The second-order valence-electron chi connectivity index (χ2n) is 7.94. The van der Waals surface area contributed by atoms with Crippen LogP contribution in [0.3, 0.4) is 0 Å². The fraction of sp³-hybridized carbons (Fsp3) is 0.381. The summed E-state index contributed by atoms with van der Waals surface area (Å²) in [6.45, 7) is 2.56. The minimum atomic E-state index is -3.56. The van der Waals surface area contributed by atoms with E-state index in [1.165, 1.54) is 0 Å². The van der Waals surface area contributed by atoms with E-state index < -0.39 is 15.9 Å². The van der Waals surface area contributed by atoms with Gasteiger partial charge in [-0.05, 0) is 49.2 Å². The molecule has 0 aliphatic carbocycles. The van der Waals surface area contributed by atoms with Crippen LogP contribution in [0.15, 0.2) is 52.6 Å². The van der Waals surface area contributed by atoms with Crippen molar-refractivity contribution in [1.29, 1.82) is 0 Å². The number of nitrogens with one attached hydrogen (secondary N) is 1. The predicted molar refractivity (Wildman–Crippen MR) is 117 cm³/mol. The number of rotatable bonds is 5. The number of amidine groups is 1. The van der Waals surface area contributed by atoms with E-state index in [-0.39, 0.29) is 35.5 Å². The maximum absolute atomic E-state index is 12.8. The number of primary amides is 1. The van der Waals surface area contributed by atoms with Crippen LogP contribution in [0.25, 0.3) is 0 Å². The van der Waals surface area contributed by atoms with Gasteiger partial charge in [0.15, 0.2) is 5.84 Å². The van der Waals surface area contributed by atoms with Gasteiger partial charge >= 0.3 is 0 Å². The highest BCUT2D eigenvalue weighted by Gasteiger charge is 2.30. The number of fused-ring (bicyclic) bond motifs is 1. The molecule has 4 rings (SSSR count). The molecule has 9 nitrogen and oxygen atoms in total. The Hall–Kier alpha value is -2.98. The Morgan fingerprint density at radius 1 is 1.19 bits per heavy atom. The summed E-state index contributed by atoms with van der Waals surface area (Å²) < 4.78 is 27.5. The fourth-order valence-corrected chi connectivity index (χ4v) is 4.96.